The van der Waals surface area contributed by atoms with Gasteiger partial charge in [0.05, 0.1) is 11.6 Å². The van der Waals surface area contributed by atoms with Crippen molar-refractivity contribution in [3.05, 3.63) is 58.7 Å². The van der Waals surface area contributed by atoms with E-state index in [0.29, 0.717) is 40.1 Å². The summed E-state index contributed by atoms with van der Waals surface area (Å²) in [6.45, 7) is 6.23. The summed E-state index contributed by atoms with van der Waals surface area (Å²) in [6, 6.07) is 7.28. The summed E-state index contributed by atoms with van der Waals surface area (Å²) in [6.07, 6.45) is 0.848. The van der Waals surface area contributed by atoms with E-state index in [0.717, 1.165) is 6.42 Å². The first kappa shape index (κ1) is 19.0. The summed E-state index contributed by atoms with van der Waals surface area (Å²) in [5, 5.41) is 10.1. The van der Waals surface area contributed by atoms with Gasteiger partial charge >= 0.3 is 0 Å². The van der Waals surface area contributed by atoms with Crippen molar-refractivity contribution in [3.8, 4) is 0 Å². The number of halogens is 1. The molecule has 0 radical (unpaired) electrons. The first-order valence-electron chi connectivity index (χ1n) is 8.70. The third-order valence-corrected chi connectivity index (χ3v) is 4.71. The molecule has 0 saturated heterocycles. The largest absolute Gasteiger partial charge is 0.360 e. The highest BCUT2D eigenvalue weighted by atomic mass is 32.1. The van der Waals surface area contributed by atoms with Crippen LogP contribution in [0.15, 0.2) is 46.1 Å². The molecule has 1 aromatic heterocycles. The highest BCUT2D eigenvalue weighted by Crippen LogP contribution is 2.32. The molecular formula is C19H21FN4O2S. The van der Waals surface area contributed by atoms with E-state index in [4.69, 9.17) is 16.7 Å². The highest BCUT2D eigenvalue weighted by molar-refractivity contribution is 7.80. The van der Waals surface area contributed by atoms with E-state index < -0.39 is 11.9 Å². The van der Waals surface area contributed by atoms with Gasteiger partial charge in [0.15, 0.2) is 10.9 Å². The summed E-state index contributed by atoms with van der Waals surface area (Å²) in [5.74, 6) is 0.0970. The topological polar surface area (TPSA) is 70.4 Å². The summed E-state index contributed by atoms with van der Waals surface area (Å²) in [4.78, 5) is 14.9. The Labute approximate surface area is 162 Å². The zero-order valence-corrected chi connectivity index (χ0v) is 16.2. The van der Waals surface area contributed by atoms with E-state index in [9.17, 15) is 9.18 Å². The fourth-order valence-corrected chi connectivity index (χ4v) is 3.47. The molecule has 0 saturated carbocycles. The number of hydrogen-bond acceptors (Lipinski definition) is 4. The molecule has 2 aromatic rings. The second-order valence-corrected chi connectivity index (χ2v) is 6.72. The van der Waals surface area contributed by atoms with Gasteiger partial charge in [0.25, 0.3) is 5.91 Å². The van der Waals surface area contributed by atoms with Crippen LogP contribution < -0.4 is 10.6 Å². The lowest BCUT2D eigenvalue weighted by Crippen LogP contribution is -2.48. The van der Waals surface area contributed by atoms with E-state index >= 15 is 0 Å². The number of nitrogens with zero attached hydrogens (tertiary/aromatic N) is 2. The van der Waals surface area contributed by atoms with E-state index in [-0.39, 0.29) is 5.91 Å². The monoisotopic (exact) mass is 388 g/mol. The SMILES string of the molecule is CCCN1C(=S)NC(c2ccccc2F)C(C(=O)Nc2cc(C)on2)=C1C. The molecule has 27 heavy (non-hydrogen) atoms. The first-order valence-corrected chi connectivity index (χ1v) is 9.11. The number of anilines is 1. The quantitative estimate of drug-likeness (QED) is 0.762. The summed E-state index contributed by atoms with van der Waals surface area (Å²) in [7, 11) is 0. The molecule has 1 aliphatic heterocycles. The Morgan fingerprint density at radius 1 is 1.41 bits per heavy atom. The molecule has 1 amide bonds. The second kappa shape index (κ2) is 7.87. The molecule has 142 valence electrons. The predicted octanol–water partition coefficient (Wildman–Crippen LogP) is 3.68. The number of amides is 1. The molecule has 1 unspecified atom stereocenters. The van der Waals surface area contributed by atoms with Crippen molar-refractivity contribution in [1.82, 2.24) is 15.4 Å². The first-order chi connectivity index (χ1) is 12.9. The molecular weight excluding hydrogens is 367 g/mol. The molecule has 1 aliphatic rings. The standard InChI is InChI=1S/C19H21FN4O2S/c1-4-9-24-12(3)16(18(25)21-15-10-11(2)26-23-15)17(22-19(24)27)13-7-5-6-8-14(13)20/h5-8,10,17H,4,9H2,1-3H3,(H,22,27)(H,21,23,25). The van der Waals surface area contributed by atoms with Crippen LogP contribution in [0.2, 0.25) is 0 Å². The van der Waals surface area contributed by atoms with Gasteiger partial charge in [-0.3, -0.25) is 4.79 Å². The number of nitrogens with one attached hydrogen (secondary N) is 2. The molecule has 3 rings (SSSR count). The van der Waals surface area contributed by atoms with E-state index in [1.165, 1.54) is 6.07 Å². The maximum atomic E-state index is 14.5. The Hall–Kier alpha value is -2.74. The van der Waals surface area contributed by atoms with Crippen molar-refractivity contribution in [2.75, 3.05) is 11.9 Å². The van der Waals surface area contributed by atoms with Crippen molar-refractivity contribution < 1.29 is 13.7 Å². The number of carbonyl (C=O) groups is 1. The van der Waals surface area contributed by atoms with Gasteiger partial charge in [-0.25, -0.2) is 4.39 Å². The van der Waals surface area contributed by atoms with E-state index in [1.54, 1.807) is 31.2 Å². The van der Waals surface area contributed by atoms with Crippen LogP contribution in [0.3, 0.4) is 0 Å². The molecule has 0 fully saturated rings. The number of allylic oxidation sites excluding steroid dienone is 1. The van der Waals surface area contributed by atoms with Gasteiger partial charge in [-0.05, 0) is 38.6 Å². The van der Waals surface area contributed by atoms with E-state index in [2.05, 4.69) is 15.8 Å². The van der Waals surface area contributed by atoms with Crippen molar-refractivity contribution >= 4 is 29.1 Å². The Balaban J connectivity index is 2.04. The summed E-state index contributed by atoms with van der Waals surface area (Å²) >= 11 is 5.46. The normalized spacial score (nSPS) is 17.1. The number of aromatic nitrogens is 1. The smallest absolute Gasteiger partial charge is 0.257 e. The Bertz CT molecular complexity index is 909. The van der Waals surface area contributed by atoms with Gasteiger partial charge < -0.3 is 20.1 Å². The molecule has 8 heteroatoms. The zero-order valence-electron chi connectivity index (χ0n) is 15.4. The third-order valence-electron chi connectivity index (χ3n) is 4.37. The van der Waals surface area contributed by atoms with Crippen LogP contribution in [0.25, 0.3) is 0 Å². The predicted molar refractivity (Wildman–Crippen MR) is 104 cm³/mol. The third kappa shape index (κ3) is 3.85. The minimum Gasteiger partial charge on any atom is -0.360 e. The molecule has 0 aliphatic carbocycles. The average Bonchev–Trinajstić information content (AvgIpc) is 3.03. The van der Waals surface area contributed by atoms with Crippen LogP contribution in [0.1, 0.15) is 37.6 Å². The van der Waals surface area contributed by atoms with Crippen molar-refractivity contribution in [2.45, 2.75) is 33.2 Å². The summed E-state index contributed by atoms with van der Waals surface area (Å²) in [5.41, 5.74) is 1.44. The molecule has 0 bridgehead atoms. The lowest BCUT2D eigenvalue weighted by molar-refractivity contribution is -0.113. The maximum absolute atomic E-state index is 14.5. The molecule has 0 spiro atoms. The zero-order chi connectivity index (χ0) is 19.6. The molecule has 6 nitrogen and oxygen atoms in total. The van der Waals surface area contributed by atoms with Gasteiger partial charge in [-0.1, -0.05) is 30.3 Å². The number of hydrogen-bond donors (Lipinski definition) is 2. The van der Waals surface area contributed by atoms with Crippen molar-refractivity contribution in [3.63, 3.8) is 0 Å². The number of carbonyl (C=O) groups excluding carboxylic acids is 1. The Kier molecular flexibility index (Phi) is 5.55. The van der Waals surface area contributed by atoms with Crippen LogP contribution in [-0.4, -0.2) is 27.6 Å². The number of rotatable bonds is 5. The lowest BCUT2D eigenvalue weighted by atomic mass is 9.94. The van der Waals surface area contributed by atoms with Gasteiger partial charge in [-0.15, -0.1) is 0 Å². The summed E-state index contributed by atoms with van der Waals surface area (Å²) < 4.78 is 19.5. The van der Waals surface area contributed by atoms with Crippen LogP contribution >= 0.6 is 12.2 Å². The Morgan fingerprint density at radius 2 is 2.15 bits per heavy atom. The van der Waals surface area contributed by atoms with Crippen molar-refractivity contribution in [1.29, 1.82) is 0 Å². The second-order valence-electron chi connectivity index (χ2n) is 6.33. The van der Waals surface area contributed by atoms with E-state index in [1.807, 2.05) is 18.7 Å². The van der Waals surface area contributed by atoms with Crippen LogP contribution in [0.4, 0.5) is 10.2 Å². The Morgan fingerprint density at radius 3 is 2.78 bits per heavy atom. The molecule has 1 atom stereocenters. The van der Waals surface area contributed by atoms with Crippen LogP contribution in [0, 0.1) is 12.7 Å². The van der Waals surface area contributed by atoms with Gasteiger partial charge in [0, 0.05) is 23.9 Å². The lowest BCUT2D eigenvalue weighted by Gasteiger charge is -2.37. The average molecular weight is 388 g/mol. The maximum Gasteiger partial charge on any atom is 0.257 e. The number of benzene rings is 1. The molecule has 2 N–H and O–H groups in total. The minimum absolute atomic E-state index is 0.306. The van der Waals surface area contributed by atoms with Crippen LogP contribution in [0.5, 0.6) is 0 Å². The van der Waals surface area contributed by atoms with Gasteiger partial charge in [0.1, 0.15) is 11.6 Å². The fraction of sp³-hybridized carbons (Fsp3) is 0.316. The molecule has 1 aromatic carbocycles. The van der Waals surface area contributed by atoms with Gasteiger partial charge in [0.2, 0.25) is 0 Å². The minimum atomic E-state index is -0.695. The molecule has 2 heterocycles. The van der Waals surface area contributed by atoms with Crippen LogP contribution in [-0.2, 0) is 4.79 Å². The number of aryl methyl sites for hydroxylation is 1. The van der Waals surface area contributed by atoms with Crippen molar-refractivity contribution in [2.24, 2.45) is 0 Å². The van der Waals surface area contributed by atoms with Gasteiger partial charge in [-0.2, -0.15) is 0 Å². The fourth-order valence-electron chi connectivity index (χ4n) is 3.12. The number of thiocarbonyl (C=S) groups is 1. The highest BCUT2D eigenvalue weighted by Gasteiger charge is 2.35.